The standard InChI is InChI=1S/5C21H28O.5H2O.5Rb.5W/c2*1-17(2)14-15-21-13-7-12-20(16-21)11-6-9-18(3)8-5-10-19(4)22;1-17(2)11-12-21-15-13-20(14-16-21)10-6-8-18(3)7-5-9-19(4)22;2*1-17(2)15-16-21-13-6-5-12-20(21)14-8-10-18(3)9-7-11-19(4)22;;;;;;;;;;;;;;;/h2*6-7,9,11-18H,1,5,8,10H2,2-4H3;6,8,10-18H,1,5,7,9H2,2-4H3;2*5-6,8,10,12-18H,1,7,9,11H2,2-4H3;5*1H2;;;;;;;;;;/q5*-2;;;;;;5*+1;;;;;/p-5/b2*11-6+,15-14+;10-6+,12-11+;2*14-8+,16-15+;;;;;;;;;;;;;;;. The number of rotatable bonds is 45. The molecule has 5 N–H and O–H groups in total. The second kappa shape index (κ2) is 106. The van der Waals surface area contributed by atoms with Crippen LogP contribution in [0.3, 0.4) is 0 Å². The molecule has 670 valence electrons. The van der Waals surface area contributed by atoms with Crippen molar-refractivity contribution in [2.75, 3.05) is 0 Å². The van der Waals surface area contributed by atoms with E-state index in [2.05, 4.69) is 379 Å². The maximum absolute atomic E-state index is 10.9. The summed E-state index contributed by atoms with van der Waals surface area (Å²) in [6.07, 6.45) is 67.1. The summed E-state index contributed by atoms with van der Waals surface area (Å²) in [4.78, 5) is 54.6. The van der Waals surface area contributed by atoms with E-state index in [4.69, 9.17) is 0 Å². The summed E-state index contributed by atoms with van der Waals surface area (Å²) >= 11 is 0. The van der Waals surface area contributed by atoms with Crippen molar-refractivity contribution in [2.24, 2.45) is 59.2 Å². The quantitative estimate of drug-likeness (QED) is 0.0334. The number of carbonyl (C=O) groups is 5. The van der Waals surface area contributed by atoms with Gasteiger partial charge < -0.3 is 86.0 Å². The van der Waals surface area contributed by atoms with E-state index in [1.165, 1.54) is 55.6 Å². The van der Waals surface area contributed by atoms with Gasteiger partial charge in [0.2, 0.25) is 0 Å². The summed E-state index contributed by atoms with van der Waals surface area (Å²) in [7, 11) is 0. The molecule has 5 aromatic carbocycles. The molecule has 0 bridgehead atoms. The van der Waals surface area contributed by atoms with Gasteiger partial charge in [0.25, 0.3) is 0 Å². The van der Waals surface area contributed by atoms with Crippen LogP contribution in [0.2, 0.25) is 0 Å². The van der Waals surface area contributed by atoms with Crippen LogP contribution in [0.25, 0.3) is 60.8 Å². The molecule has 0 heterocycles. The fraction of sp³-hybridized carbons (Fsp3) is 0.381. The van der Waals surface area contributed by atoms with Crippen LogP contribution in [0.15, 0.2) is 182 Å². The topological polar surface area (TPSA) is 235 Å². The molecule has 0 aliphatic carbocycles. The number of allylic oxidation sites excluding steroid dienone is 10. The van der Waals surface area contributed by atoms with Gasteiger partial charge in [-0.25, -0.2) is 92.9 Å². The van der Waals surface area contributed by atoms with Crippen molar-refractivity contribution in [1.82, 2.24) is 0 Å². The minimum Gasteiger partial charge on any atom is -0.870 e. The van der Waals surface area contributed by atoms with Crippen molar-refractivity contribution in [2.45, 2.75) is 200 Å². The first kappa shape index (κ1) is 162. The van der Waals surface area contributed by atoms with E-state index < -0.39 is 0 Å². The Morgan fingerprint density at radius 2 is 0.432 bits per heavy atom. The van der Waals surface area contributed by atoms with E-state index in [1.807, 2.05) is 0 Å². The van der Waals surface area contributed by atoms with Gasteiger partial charge in [-0.2, -0.15) is 29.6 Å². The zero-order chi connectivity index (χ0) is 81.9. The van der Waals surface area contributed by atoms with Gasteiger partial charge in [-0.05, 0) is 94.5 Å². The van der Waals surface area contributed by atoms with Crippen LogP contribution in [-0.4, -0.2) is 56.3 Å². The molecule has 0 radical (unpaired) electrons. The summed E-state index contributed by atoms with van der Waals surface area (Å²) in [6, 6.07) is 42.1. The molecule has 0 fully saturated rings. The average Bonchev–Trinajstić information content (AvgIpc) is 0.894. The van der Waals surface area contributed by atoms with E-state index >= 15 is 0 Å². The Hall–Kier alpha value is 3.47. The normalized spacial score (nSPS) is 12.6. The van der Waals surface area contributed by atoms with Gasteiger partial charge in [-0.1, -0.05) is 294 Å². The van der Waals surface area contributed by atoms with Crippen LogP contribution in [0.4, 0.5) is 0 Å². The van der Waals surface area contributed by atoms with E-state index in [0.717, 1.165) is 64.2 Å². The Labute approximate surface area is 1080 Å². The zero-order valence-corrected chi connectivity index (χ0v) is 119. The second-order valence-corrected chi connectivity index (χ2v) is 30.6. The van der Waals surface area contributed by atoms with Crippen molar-refractivity contribution in [3.05, 3.63) is 304 Å². The van der Waals surface area contributed by atoms with Gasteiger partial charge in [0.05, 0.1) is 0 Å². The Morgan fingerprint density at radius 1 is 0.256 bits per heavy atom. The number of ketones is 5. The fourth-order valence-electron chi connectivity index (χ4n) is 10.9. The van der Waals surface area contributed by atoms with Gasteiger partial charge in [-0.3, -0.25) is 0 Å². The molecule has 10 nitrogen and oxygen atoms in total. The van der Waals surface area contributed by atoms with E-state index in [9.17, 15) is 24.0 Å². The van der Waals surface area contributed by atoms with Crippen molar-refractivity contribution < 1.29 is 448 Å². The molecule has 0 aliphatic rings. The van der Waals surface area contributed by atoms with Crippen LogP contribution >= 0.6 is 0 Å². The summed E-state index contributed by atoms with van der Waals surface area (Å²) in [5, 5.41) is 0. The molecule has 0 saturated carbocycles. The molecule has 20 heteroatoms. The van der Waals surface area contributed by atoms with Crippen LogP contribution in [-0.2, 0) is 129 Å². The maximum atomic E-state index is 10.9. The molecular weight excluding hydrogens is 2770 g/mol. The molecule has 0 spiro atoms. The predicted molar refractivity (Wildman–Crippen MR) is 495 cm³/mol. The van der Waals surface area contributed by atoms with E-state index in [1.54, 1.807) is 34.6 Å². The van der Waals surface area contributed by atoms with Crippen LogP contribution < -0.4 is 291 Å². The Kier molecular flexibility index (Phi) is 138. The number of hydrogen-bond acceptors (Lipinski definition) is 10. The number of hydrogen-bond donors (Lipinski definition) is 0. The molecule has 5 rings (SSSR count). The number of Topliss-reactive ketones (excluding diaryl/α,β-unsaturated/α-hetero) is 5. The number of carbonyl (C=O) groups excluding carboxylic acids is 5. The predicted octanol–water partition coefficient (Wildman–Crippen LogP) is 13.0. The minimum absolute atomic E-state index is 0. The Balaban J connectivity index is -0.0000000904. The molecule has 125 heavy (non-hydrogen) atoms. The smallest absolute Gasteiger partial charge is 0.870 e. The molecule has 0 aromatic heterocycles. The van der Waals surface area contributed by atoms with Gasteiger partial charge in [0, 0.05) is 137 Å². The molecule has 0 aliphatic heterocycles. The number of benzene rings is 5. The average molecular weight is 2910 g/mol. The molecule has 0 amide bonds. The first-order valence-electron chi connectivity index (χ1n) is 40.5. The first-order chi connectivity index (χ1) is 52.4. The Bertz CT molecular complexity index is 3520. The fourth-order valence-corrected chi connectivity index (χ4v) is 10.9. The van der Waals surface area contributed by atoms with Crippen molar-refractivity contribution in [3.8, 4) is 0 Å². The third-order valence-corrected chi connectivity index (χ3v) is 17.4. The molecular formula is C105H145O10Rb5W5-10. The zero-order valence-electron chi connectivity index (χ0n) is 79.7. The van der Waals surface area contributed by atoms with Crippen LogP contribution in [0.5, 0.6) is 0 Å². The molecule has 0 saturated heterocycles. The van der Waals surface area contributed by atoms with Crippen molar-refractivity contribution in [3.63, 3.8) is 0 Å². The summed E-state index contributed by atoms with van der Waals surface area (Å²) < 4.78 is 0. The maximum Gasteiger partial charge on any atom is 1.00 e. The van der Waals surface area contributed by atoms with E-state index in [0.29, 0.717) is 91.3 Å². The van der Waals surface area contributed by atoms with E-state index in [-0.39, 0.29) is 453 Å². The second-order valence-electron chi connectivity index (χ2n) is 30.6. The van der Waals surface area contributed by atoms with Gasteiger partial charge >= 0.3 is 291 Å². The van der Waals surface area contributed by atoms with Crippen molar-refractivity contribution >= 4 is 89.7 Å². The Morgan fingerprint density at radius 3 is 0.648 bits per heavy atom. The van der Waals surface area contributed by atoms with Crippen LogP contribution in [0, 0.1) is 126 Å². The molecule has 10 atom stereocenters. The van der Waals surface area contributed by atoms with Gasteiger partial charge in [0.1, 0.15) is 28.9 Å². The summed E-state index contributed by atoms with van der Waals surface area (Å²) in [6.45, 7) is 49.4. The third kappa shape index (κ3) is 102. The minimum atomic E-state index is 0. The SMILES string of the molecule is [CH2-]C(C)/C=C/c1ccc(/C=C/[CH-]C(C)CCCC(C)=O)cc1.[CH2-]C(C)/C=C/c1cccc(/C=C/[CH-]C(C)CCCC(C)=O)c1.[CH2-]C(C)/C=C/c1cccc(/C=C/[CH-]C(C)CCCC(C)=O)c1.[CH2-]C(C)/C=C/c1ccccc1/C=C/[CH-]C(C)CCCC(C)=O.[CH2-]C(C)/C=C/c1ccccc1/C=C/[CH-]C(C)CCCC(C)=O.[OH-].[OH-].[OH-].[OH-].[OH-].[Rb+].[Rb+].[Rb+].[Rb+].[Rb+].[W].[W].[W].[W].[W]. The summed E-state index contributed by atoms with van der Waals surface area (Å²) in [5.41, 5.74) is 12.1. The van der Waals surface area contributed by atoms with Gasteiger partial charge in [0.15, 0.2) is 0 Å². The molecule has 10 unspecified atom stereocenters. The first-order valence-corrected chi connectivity index (χ1v) is 40.5. The molecule has 5 aromatic rings. The van der Waals surface area contributed by atoms with Crippen LogP contribution in [0.1, 0.15) is 256 Å². The third-order valence-electron chi connectivity index (χ3n) is 17.4. The van der Waals surface area contributed by atoms with Crippen molar-refractivity contribution in [1.29, 1.82) is 0 Å². The van der Waals surface area contributed by atoms with Gasteiger partial charge in [-0.15, -0.1) is 47.1 Å². The largest absolute Gasteiger partial charge is 1.00 e. The monoisotopic (exact) mass is 2910 g/mol. The summed E-state index contributed by atoms with van der Waals surface area (Å²) in [5.74, 6) is 5.52.